The minimum atomic E-state index is -0.279. The first kappa shape index (κ1) is 11.4. The lowest BCUT2D eigenvalue weighted by Crippen LogP contribution is -2.38. The van der Waals surface area contributed by atoms with Crippen molar-refractivity contribution in [3.63, 3.8) is 0 Å². The Morgan fingerprint density at radius 2 is 1.94 bits per heavy atom. The van der Waals surface area contributed by atoms with E-state index in [1.165, 1.54) is 12.8 Å². The summed E-state index contributed by atoms with van der Waals surface area (Å²) in [6.07, 6.45) is 5.04. The average molecular weight is 225 g/mol. The molecule has 0 atom stereocenters. The number of rotatable bonds is 6. The summed E-state index contributed by atoms with van der Waals surface area (Å²) in [5.41, 5.74) is 0. The number of carbonyl (C=O) groups excluding carboxylic acids is 2. The summed E-state index contributed by atoms with van der Waals surface area (Å²) in [6.45, 7) is 2.31. The van der Waals surface area contributed by atoms with Crippen LogP contribution in [0.2, 0.25) is 0 Å². The Kier molecular flexibility index (Phi) is 3.46. The molecule has 2 rings (SSSR count). The van der Waals surface area contributed by atoms with Crippen LogP contribution in [0.3, 0.4) is 0 Å². The zero-order valence-electron chi connectivity index (χ0n) is 9.78. The minimum Gasteiger partial charge on any atom is -0.465 e. The van der Waals surface area contributed by atoms with E-state index >= 15 is 0 Å². The molecule has 2 fully saturated rings. The topological polar surface area (TPSA) is 46.6 Å². The summed E-state index contributed by atoms with van der Waals surface area (Å²) in [6, 6.07) is 0.302. The van der Waals surface area contributed by atoms with Crippen LogP contribution in [0.15, 0.2) is 0 Å². The van der Waals surface area contributed by atoms with Crippen molar-refractivity contribution in [3.8, 4) is 0 Å². The van der Waals surface area contributed by atoms with E-state index < -0.39 is 0 Å². The molecule has 0 radical (unpaired) electrons. The fourth-order valence-electron chi connectivity index (χ4n) is 1.84. The number of esters is 1. The van der Waals surface area contributed by atoms with E-state index in [1.807, 2.05) is 0 Å². The molecule has 0 aromatic carbocycles. The van der Waals surface area contributed by atoms with Crippen molar-refractivity contribution in [3.05, 3.63) is 0 Å². The maximum absolute atomic E-state index is 11.9. The van der Waals surface area contributed by atoms with Gasteiger partial charge in [-0.3, -0.25) is 9.59 Å². The number of hydrogen-bond donors (Lipinski definition) is 0. The average Bonchev–Trinajstić information content (AvgIpc) is 3.08. The van der Waals surface area contributed by atoms with Gasteiger partial charge in [-0.25, -0.2) is 0 Å². The first-order chi connectivity index (χ1) is 7.70. The van der Waals surface area contributed by atoms with Crippen molar-refractivity contribution >= 4 is 11.9 Å². The highest BCUT2D eigenvalue weighted by Crippen LogP contribution is 2.35. The molecule has 0 unspecified atom stereocenters. The van der Waals surface area contributed by atoms with Crippen molar-refractivity contribution in [1.29, 1.82) is 0 Å². The summed E-state index contributed by atoms with van der Waals surface area (Å²) in [4.78, 5) is 25.0. The second kappa shape index (κ2) is 4.85. The van der Waals surface area contributed by atoms with Crippen molar-refractivity contribution in [2.24, 2.45) is 5.92 Å². The molecule has 0 N–H and O–H groups in total. The van der Waals surface area contributed by atoms with E-state index in [-0.39, 0.29) is 18.4 Å². The molecule has 0 heterocycles. The number of carbonyl (C=O) groups is 2. The van der Waals surface area contributed by atoms with Crippen LogP contribution >= 0.6 is 0 Å². The molecule has 1 amide bonds. The van der Waals surface area contributed by atoms with Crippen LogP contribution < -0.4 is 0 Å². The summed E-state index contributed by atoms with van der Waals surface area (Å²) in [5.74, 6) is 0.438. The standard InChI is InChI=1S/C12H19NO3/c1-2-16-12(15)8-13(10-5-6-10)11(14)7-9-3-4-9/h9-10H,2-8H2,1H3. The molecule has 0 saturated heterocycles. The van der Waals surface area contributed by atoms with Crippen molar-refractivity contribution in [2.45, 2.75) is 45.1 Å². The molecule has 0 aromatic rings. The van der Waals surface area contributed by atoms with Gasteiger partial charge in [0.15, 0.2) is 0 Å². The second-order valence-electron chi connectivity index (χ2n) is 4.71. The van der Waals surface area contributed by atoms with Crippen LogP contribution in [0.5, 0.6) is 0 Å². The smallest absolute Gasteiger partial charge is 0.325 e. The lowest BCUT2D eigenvalue weighted by Gasteiger charge is -2.21. The Morgan fingerprint density at radius 1 is 1.25 bits per heavy atom. The number of nitrogens with zero attached hydrogens (tertiary/aromatic N) is 1. The number of hydrogen-bond acceptors (Lipinski definition) is 3. The predicted molar refractivity (Wildman–Crippen MR) is 58.7 cm³/mol. The van der Waals surface area contributed by atoms with Crippen molar-refractivity contribution in [2.75, 3.05) is 13.2 Å². The maximum atomic E-state index is 11.9. The van der Waals surface area contributed by atoms with E-state index in [1.54, 1.807) is 11.8 Å². The largest absolute Gasteiger partial charge is 0.465 e. The SMILES string of the molecule is CCOC(=O)CN(C(=O)CC1CC1)C1CC1. The van der Waals surface area contributed by atoms with E-state index in [9.17, 15) is 9.59 Å². The third kappa shape index (κ3) is 3.22. The van der Waals surface area contributed by atoms with Gasteiger partial charge in [0, 0.05) is 12.5 Å². The summed E-state index contributed by atoms with van der Waals surface area (Å²) in [7, 11) is 0. The lowest BCUT2D eigenvalue weighted by molar-refractivity contribution is -0.149. The van der Waals surface area contributed by atoms with E-state index in [0.29, 0.717) is 25.0 Å². The Bertz CT molecular complexity index is 282. The van der Waals surface area contributed by atoms with Gasteiger partial charge < -0.3 is 9.64 Å². The highest BCUT2D eigenvalue weighted by atomic mass is 16.5. The Hall–Kier alpha value is -1.06. The normalized spacial score (nSPS) is 19.3. The zero-order chi connectivity index (χ0) is 11.5. The monoisotopic (exact) mass is 225 g/mol. The molecule has 0 spiro atoms. The van der Waals surface area contributed by atoms with Gasteiger partial charge in [0.25, 0.3) is 0 Å². The molecule has 4 nitrogen and oxygen atoms in total. The van der Waals surface area contributed by atoms with Gasteiger partial charge in [-0.05, 0) is 38.5 Å². The molecule has 90 valence electrons. The molecule has 0 aliphatic heterocycles. The summed E-state index contributed by atoms with van der Waals surface area (Å²) < 4.78 is 4.89. The second-order valence-corrected chi connectivity index (χ2v) is 4.71. The molecule has 2 aliphatic carbocycles. The maximum Gasteiger partial charge on any atom is 0.325 e. The van der Waals surface area contributed by atoms with Gasteiger partial charge in [0.2, 0.25) is 5.91 Å². The van der Waals surface area contributed by atoms with Crippen molar-refractivity contribution in [1.82, 2.24) is 4.90 Å². The molecular formula is C12H19NO3. The minimum absolute atomic E-state index is 0.137. The van der Waals surface area contributed by atoms with Crippen LogP contribution in [0.25, 0.3) is 0 Å². The molecule has 2 aliphatic rings. The van der Waals surface area contributed by atoms with E-state index in [2.05, 4.69) is 0 Å². The van der Waals surface area contributed by atoms with Crippen LogP contribution in [0, 0.1) is 5.92 Å². The van der Waals surface area contributed by atoms with Crippen LogP contribution in [-0.2, 0) is 14.3 Å². The highest BCUT2D eigenvalue weighted by Gasteiger charge is 2.36. The first-order valence-electron chi connectivity index (χ1n) is 6.15. The zero-order valence-corrected chi connectivity index (χ0v) is 9.78. The van der Waals surface area contributed by atoms with Crippen LogP contribution in [-0.4, -0.2) is 36.0 Å². The quantitative estimate of drug-likeness (QED) is 0.641. The molecular weight excluding hydrogens is 206 g/mol. The Morgan fingerprint density at radius 3 is 2.44 bits per heavy atom. The van der Waals surface area contributed by atoms with Gasteiger partial charge in [-0.1, -0.05) is 0 Å². The highest BCUT2D eigenvalue weighted by molar-refractivity contribution is 5.83. The Labute approximate surface area is 95.9 Å². The lowest BCUT2D eigenvalue weighted by atomic mass is 10.2. The van der Waals surface area contributed by atoms with Gasteiger partial charge in [0.05, 0.1) is 6.61 Å². The van der Waals surface area contributed by atoms with Gasteiger partial charge in [-0.2, -0.15) is 0 Å². The van der Waals surface area contributed by atoms with E-state index in [4.69, 9.17) is 4.74 Å². The molecule has 16 heavy (non-hydrogen) atoms. The van der Waals surface area contributed by atoms with E-state index in [0.717, 1.165) is 12.8 Å². The third-order valence-corrected chi connectivity index (χ3v) is 3.07. The summed E-state index contributed by atoms with van der Waals surface area (Å²) >= 11 is 0. The van der Waals surface area contributed by atoms with Gasteiger partial charge >= 0.3 is 5.97 Å². The van der Waals surface area contributed by atoms with Gasteiger partial charge in [-0.15, -0.1) is 0 Å². The summed E-state index contributed by atoms with van der Waals surface area (Å²) in [5, 5.41) is 0. The number of ether oxygens (including phenoxy) is 1. The van der Waals surface area contributed by atoms with Crippen molar-refractivity contribution < 1.29 is 14.3 Å². The molecule has 4 heteroatoms. The third-order valence-electron chi connectivity index (χ3n) is 3.07. The first-order valence-corrected chi connectivity index (χ1v) is 6.15. The fourth-order valence-corrected chi connectivity index (χ4v) is 1.84. The number of amides is 1. The fraction of sp³-hybridized carbons (Fsp3) is 0.833. The predicted octanol–water partition coefficient (Wildman–Crippen LogP) is 1.34. The van der Waals surface area contributed by atoms with Gasteiger partial charge in [0.1, 0.15) is 6.54 Å². The van der Waals surface area contributed by atoms with Crippen LogP contribution in [0.1, 0.15) is 39.0 Å². The molecule has 0 bridgehead atoms. The van der Waals surface area contributed by atoms with Crippen LogP contribution in [0.4, 0.5) is 0 Å². The Balaban J connectivity index is 1.83. The molecule has 2 saturated carbocycles. The molecule has 0 aromatic heterocycles.